The summed E-state index contributed by atoms with van der Waals surface area (Å²) < 4.78 is 25.9. The molecule has 1 saturated heterocycles. The summed E-state index contributed by atoms with van der Waals surface area (Å²) >= 11 is 0. The Kier molecular flexibility index (Phi) is 9.13. The predicted octanol–water partition coefficient (Wildman–Crippen LogP) is 5.49. The number of allylic oxidation sites excluding steroid dienone is 3. The van der Waals surface area contributed by atoms with E-state index in [4.69, 9.17) is 0 Å². The second-order valence-corrected chi connectivity index (χ2v) is 8.38. The van der Waals surface area contributed by atoms with Gasteiger partial charge in [-0.2, -0.15) is 0 Å². The molecule has 2 unspecified atom stereocenters. The summed E-state index contributed by atoms with van der Waals surface area (Å²) in [5.74, 6) is -0.00813. The van der Waals surface area contributed by atoms with Crippen molar-refractivity contribution < 1.29 is 13.6 Å². The first-order valence-corrected chi connectivity index (χ1v) is 10.2. The Balaban J connectivity index is 3.05. The van der Waals surface area contributed by atoms with Crippen molar-refractivity contribution in [1.29, 1.82) is 0 Å². The third-order valence-electron chi connectivity index (χ3n) is 6.13. The Morgan fingerprint density at radius 3 is 2.37 bits per heavy atom. The van der Waals surface area contributed by atoms with Gasteiger partial charge in [-0.05, 0) is 37.5 Å². The molecule has 0 bridgehead atoms. The number of rotatable bonds is 10. The quantitative estimate of drug-likeness (QED) is 0.465. The average Bonchev–Trinajstić information content (AvgIpc) is 2.58. The predicted molar refractivity (Wildman–Crippen MR) is 109 cm³/mol. The standard InChI is InChI=1S/C22H38F2N2O/c1-7-14-22(8-2)21(4,5)16-20(27)26(25(22)6)17-19(13-15-23)12-10-9-11-18(3)24/h9-12,18-19H,7-8,13-17H2,1-6H3/b11-9-,12-10?/t18?,19?,22-/m1/s1. The van der Waals surface area contributed by atoms with Crippen LogP contribution in [0.4, 0.5) is 8.78 Å². The van der Waals surface area contributed by atoms with Gasteiger partial charge in [0.2, 0.25) is 5.91 Å². The highest BCUT2D eigenvalue weighted by Crippen LogP contribution is 2.48. The van der Waals surface area contributed by atoms with Gasteiger partial charge in [0, 0.05) is 25.6 Å². The lowest BCUT2D eigenvalue weighted by Crippen LogP contribution is -2.68. The largest absolute Gasteiger partial charge is 0.274 e. The third kappa shape index (κ3) is 5.63. The average molecular weight is 385 g/mol. The van der Waals surface area contributed by atoms with Crippen LogP contribution >= 0.6 is 0 Å². The SMILES string of the molecule is CCC[C@@]1(CC)N(C)N(CC(C=C/C=C\C(C)F)CCF)C(=O)CC1(C)C. The van der Waals surface area contributed by atoms with E-state index in [9.17, 15) is 13.6 Å². The number of alkyl halides is 2. The number of carbonyl (C=O) groups excluding carboxylic acids is 1. The summed E-state index contributed by atoms with van der Waals surface area (Å²) in [4.78, 5) is 12.9. The molecule has 0 saturated carbocycles. The zero-order chi connectivity index (χ0) is 20.7. The fraction of sp³-hybridized carbons (Fsp3) is 0.773. The van der Waals surface area contributed by atoms with Crippen LogP contribution in [0.1, 0.15) is 66.7 Å². The van der Waals surface area contributed by atoms with Crippen molar-refractivity contribution in [2.24, 2.45) is 11.3 Å². The van der Waals surface area contributed by atoms with Gasteiger partial charge in [0.05, 0.1) is 6.67 Å². The van der Waals surface area contributed by atoms with Gasteiger partial charge in [-0.25, -0.2) is 9.40 Å². The Bertz CT molecular complexity index is 530. The van der Waals surface area contributed by atoms with Crippen molar-refractivity contribution in [2.75, 3.05) is 20.3 Å². The highest BCUT2D eigenvalue weighted by Gasteiger charge is 2.53. The first-order valence-electron chi connectivity index (χ1n) is 10.2. The highest BCUT2D eigenvalue weighted by molar-refractivity contribution is 5.77. The van der Waals surface area contributed by atoms with Crippen molar-refractivity contribution in [2.45, 2.75) is 78.4 Å². The van der Waals surface area contributed by atoms with Crippen LogP contribution in [0.25, 0.3) is 0 Å². The number of hydrazine groups is 1. The zero-order valence-corrected chi connectivity index (χ0v) is 18.0. The van der Waals surface area contributed by atoms with E-state index in [-0.39, 0.29) is 22.8 Å². The van der Waals surface area contributed by atoms with Gasteiger partial charge in [0.15, 0.2) is 0 Å². The maximum Gasteiger partial charge on any atom is 0.237 e. The number of hydrogen-bond acceptors (Lipinski definition) is 2. The second kappa shape index (κ2) is 10.4. The molecule has 0 aromatic carbocycles. The molecule has 1 heterocycles. The molecule has 0 aromatic rings. The zero-order valence-electron chi connectivity index (χ0n) is 18.0. The van der Waals surface area contributed by atoms with E-state index in [1.165, 1.54) is 13.0 Å². The van der Waals surface area contributed by atoms with Crippen LogP contribution in [0, 0.1) is 11.3 Å². The molecule has 3 atom stereocenters. The van der Waals surface area contributed by atoms with E-state index in [2.05, 4.69) is 32.7 Å². The van der Waals surface area contributed by atoms with Gasteiger partial charge in [-0.1, -0.05) is 58.4 Å². The van der Waals surface area contributed by atoms with Crippen molar-refractivity contribution in [3.63, 3.8) is 0 Å². The smallest absolute Gasteiger partial charge is 0.237 e. The van der Waals surface area contributed by atoms with Gasteiger partial charge in [-0.3, -0.25) is 14.2 Å². The molecular weight excluding hydrogens is 346 g/mol. The summed E-state index contributed by atoms with van der Waals surface area (Å²) in [5, 5.41) is 3.94. The number of halogens is 2. The lowest BCUT2D eigenvalue weighted by atomic mass is 9.64. The molecule has 27 heavy (non-hydrogen) atoms. The highest BCUT2D eigenvalue weighted by atomic mass is 19.1. The van der Waals surface area contributed by atoms with Crippen molar-refractivity contribution >= 4 is 5.91 Å². The fourth-order valence-corrected chi connectivity index (χ4v) is 4.54. The molecule has 156 valence electrons. The van der Waals surface area contributed by atoms with Gasteiger partial charge in [0.1, 0.15) is 6.17 Å². The minimum Gasteiger partial charge on any atom is -0.274 e. The Hall–Kier alpha value is -1.23. The molecule has 3 nitrogen and oxygen atoms in total. The number of amides is 1. The number of carbonyl (C=O) groups is 1. The van der Waals surface area contributed by atoms with Gasteiger partial charge >= 0.3 is 0 Å². The number of nitrogens with zero attached hydrogens (tertiary/aromatic N) is 2. The van der Waals surface area contributed by atoms with Crippen LogP contribution in [-0.4, -0.2) is 47.9 Å². The van der Waals surface area contributed by atoms with Crippen LogP contribution in [-0.2, 0) is 4.79 Å². The molecule has 1 rings (SSSR count). The summed E-state index contributed by atoms with van der Waals surface area (Å²) in [5.41, 5.74) is -0.214. The van der Waals surface area contributed by atoms with Crippen LogP contribution in [0.3, 0.4) is 0 Å². The molecule has 1 fully saturated rings. The molecule has 0 radical (unpaired) electrons. The molecule has 0 aromatic heterocycles. The molecule has 1 amide bonds. The van der Waals surface area contributed by atoms with E-state index in [0.29, 0.717) is 19.4 Å². The van der Waals surface area contributed by atoms with Crippen molar-refractivity contribution in [3.8, 4) is 0 Å². The molecular formula is C22H38F2N2O. The van der Waals surface area contributed by atoms with Crippen LogP contribution < -0.4 is 0 Å². The minimum absolute atomic E-state index is 0.0906. The van der Waals surface area contributed by atoms with Crippen molar-refractivity contribution in [3.05, 3.63) is 24.3 Å². The molecule has 0 spiro atoms. The van der Waals surface area contributed by atoms with Gasteiger partial charge in [0.25, 0.3) is 0 Å². The molecule has 1 aliphatic rings. The third-order valence-corrected chi connectivity index (χ3v) is 6.13. The summed E-state index contributed by atoms with van der Waals surface area (Å²) in [6, 6.07) is 0. The van der Waals surface area contributed by atoms with Crippen LogP contribution in [0.5, 0.6) is 0 Å². The van der Waals surface area contributed by atoms with E-state index >= 15 is 0 Å². The fourth-order valence-electron chi connectivity index (χ4n) is 4.54. The van der Waals surface area contributed by atoms with Crippen molar-refractivity contribution in [1.82, 2.24) is 10.0 Å². The summed E-state index contributed by atoms with van der Waals surface area (Å²) in [6.07, 6.45) is 9.59. The van der Waals surface area contributed by atoms with E-state index in [1.54, 1.807) is 12.2 Å². The lowest BCUT2D eigenvalue weighted by Gasteiger charge is -2.59. The molecule has 1 aliphatic heterocycles. The first-order chi connectivity index (χ1) is 12.6. The maximum atomic E-state index is 13.1. The van der Waals surface area contributed by atoms with Crippen LogP contribution in [0.15, 0.2) is 24.3 Å². The number of hydrogen-bond donors (Lipinski definition) is 0. The second-order valence-electron chi connectivity index (χ2n) is 8.38. The van der Waals surface area contributed by atoms with E-state index < -0.39 is 12.8 Å². The minimum atomic E-state index is -1.01. The first kappa shape index (κ1) is 23.8. The Labute approximate surface area is 164 Å². The van der Waals surface area contributed by atoms with Crippen LogP contribution in [0.2, 0.25) is 0 Å². The summed E-state index contributed by atoms with van der Waals surface area (Å²) in [7, 11) is 2.00. The van der Waals surface area contributed by atoms with Gasteiger partial charge < -0.3 is 0 Å². The Morgan fingerprint density at radius 2 is 1.85 bits per heavy atom. The van der Waals surface area contributed by atoms with E-state index in [0.717, 1.165) is 19.3 Å². The lowest BCUT2D eigenvalue weighted by molar-refractivity contribution is -0.201. The molecule has 0 N–H and O–H groups in total. The Morgan fingerprint density at radius 1 is 1.22 bits per heavy atom. The van der Waals surface area contributed by atoms with E-state index in [1.807, 2.05) is 18.1 Å². The maximum absolute atomic E-state index is 13.1. The molecule has 0 aliphatic carbocycles. The van der Waals surface area contributed by atoms with Gasteiger partial charge in [-0.15, -0.1) is 0 Å². The summed E-state index contributed by atoms with van der Waals surface area (Å²) in [6.45, 7) is 10.2. The topological polar surface area (TPSA) is 23.6 Å². The molecule has 5 heteroatoms. The monoisotopic (exact) mass is 384 g/mol. The normalized spacial score (nSPS) is 26.2.